The van der Waals surface area contributed by atoms with Gasteiger partial charge in [0.05, 0.1) is 12.2 Å². The number of nitrogens with one attached hydrogen (secondary N) is 2. The highest BCUT2D eigenvalue weighted by Crippen LogP contribution is 2.16. The monoisotopic (exact) mass is 277 g/mol. The number of nitrogens with zero attached hydrogens (tertiary/aromatic N) is 1. The Kier molecular flexibility index (Phi) is 4.08. The Labute approximate surface area is 107 Å². The van der Waals surface area contributed by atoms with Crippen molar-refractivity contribution in [2.75, 3.05) is 25.1 Å². The SMILES string of the molecule is O=c1[nH]c(CCOCC(F)(F)F)nc2c1CCCN2. The van der Waals surface area contributed by atoms with Gasteiger partial charge < -0.3 is 15.0 Å². The Morgan fingerprint density at radius 2 is 2.16 bits per heavy atom. The fraction of sp³-hybridized carbons (Fsp3) is 0.636. The number of halogens is 3. The highest BCUT2D eigenvalue weighted by Gasteiger charge is 2.27. The number of anilines is 1. The molecule has 2 N–H and O–H groups in total. The molecule has 5 nitrogen and oxygen atoms in total. The number of rotatable bonds is 4. The van der Waals surface area contributed by atoms with Crippen LogP contribution >= 0.6 is 0 Å². The molecule has 0 saturated heterocycles. The smallest absolute Gasteiger partial charge is 0.372 e. The van der Waals surface area contributed by atoms with Gasteiger partial charge in [-0.1, -0.05) is 0 Å². The van der Waals surface area contributed by atoms with Crippen LogP contribution in [0.5, 0.6) is 0 Å². The number of fused-ring (bicyclic) bond motifs is 1. The lowest BCUT2D eigenvalue weighted by molar-refractivity contribution is -0.173. The highest BCUT2D eigenvalue weighted by molar-refractivity contribution is 5.44. The van der Waals surface area contributed by atoms with Crippen LogP contribution in [0.15, 0.2) is 4.79 Å². The van der Waals surface area contributed by atoms with E-state index in [2.05, 4.69) is 20.0 Å². The van der Waals surface area contributed by atoms with Gasteiger partial charge in [0.25, 0.3) is 5.56 Å². The lowest BCUT2D eigenvalue weighted by Crippen LogP contribution is -2.25. The van der Waals surface area contributed by atoms with Crippen molar-refractivity contribution in [1.29, 1.82) is 0 Å². The first kappa shape index (κ1) is 13.9. The Morgan fingerprint density at radius 1 is 1.37 bits per heavy atom. The highest BCUT2D eigenvalue weighted by atomic mass is 19.4. The summed E-state index contributed by atoms with van der Waals surface area (Å²) < 4.78 is 40.1. The normalized spacial score (nSPS) is 14.9. The molecule has 0 radical (unpaired) electrons. The quantitative estimate of drug-likeness (QED) is 0.813. The Hall–Kier alpha value is -1.57. The molecule has 1 aliphatic heterocycles. The summed E-state index contributed by atoms with van der Waals surface area (Å²) >= 11 is 0. The van der Waals surface area contributed by atoms with Crippen LogP contribution < -0.4 is 10.9 Å². The molecule has 1 aromatic heterocycles. The predicted molar refractivity (Wildman–Crippen MR) is 62.2 cm³/mol. The largest absolute Gasteiger partial charge is 0.411 e. The van der Waals surface area contributed by atoms with Crippen molar-refractivity contribution in [3.8, 4) is 0 Å². The third kappa shape index (κ3) is 3.95. The van der Waals surface area contributed by atoms with E-state index in [0.29, 0.717) is 23.6 Å². The first-order valence-corrected chi connectivity index (χ1v) is 5.96. The fourth-order valence-corrected chi connectivity index (χ4v) is 1.87. The minimum atomic E-state index is -4.34. The first-order chi connectivity index (χ1) is 8.96. The van der Waals surface area contributed by atoms with Gasteiger partial charge in [-0.3, -0.25) is 4.79 Å². The second-order valence-electron chi connectivity index (χ2n) is 4.29. The van der Waals surface area contributed by atoms with Crippen molar-refractivity contribution in [3.63, 3.8) is 0 Å². The van der Waals surface area contributed by atoms with Gasteiger partial charge in [0.2, 0.25) is 0 Å². The summed E-state index contributed by atoms with van der Waals surface area (Å²) in [6, 6.07) is 0. The van der Waals surface area contributed by atoms with Crippen LogP contribution in [-0.2, 0) is 17.6 Å². The van der Waals surface area contributed by atoms with Crippen molar-refractivity contribution < 1.29 is 17.9 Å². The molecule has 0 unspecified atom stereocenters. The van der Waals surface area contributed by atoms with E-state index in [1.54, 1.807) is 0 Å². The molecular weight excluding hydrogens is 263 g/mol. The minimum Gasteiger partial charge on any atom is -0.372 e. The van der Waals surface area contributed by atoms with Crippen molar-refractivity contribution in [2.45, 2.75) is 25.4 Å². The van der Waals surface area contributed by atoms with E-state index in [1.165, 1.54) is 0 Å². The summed E-state index contributed by atoms with van der Waals surface area (Å²) in [6.07, 6.45) is -2.67. The molecule has 106 valence electrons. The molecule has 0 aliphatic carbocycles. The van der Waals surface area contributed by atoms with Crippen LogP contribution in [0.3, 0.4) is 0 Å². The predicted octanol–water partition coefficient (Wildman–Crippen LogP) is 1.25. The third-order valence-corrected chi connectivity index (χ3v) is 2.71. The lowest BCUT2D eigenvalue weighted by Gasteiger charge is -2.16. The van der Waals surface area contributed by atoms with Gasteiger partial charge in [-0.15, -0.1) is 0 Å². The number of aromatic amines is 1. The third-order valence-electron chi connectivity index (χ3n) is 2.71. The molecule has 19 heavy (non-hydrogen) atoms. The summed E-state index contributed by atoms with van der Waals surface area (Å²) in [7, 11) is 0. The molecule has 0 saturated carbocycles. The Balaban J connectivity index is 1.94. The van der Waals surface area contributed by atoms with E-state index < -0.39 is 12.8 Å². The minimum absolute atomic E-state index is 0.138. The van der Waals surface area contributed by atoms with Gasteiger partial charge in [-0.2, -0.15) is 13.2 Å². The van der Waals surface area contributed by atoms with Crippen LogP contribution in [0.25, 0.3) is 0 Å². The number of alkyl halides is 3. The standard InChI is InChI=1S/C11H14F3N3O2/c12-11(13,14)6-19-5-3-8-16-9-7(10(18)17-8)2-1-4-15-9/h1-6H2,(H2,15,16,17,18). The maximum Gasteiger partial charge on any atom is 0.411 e. The molecule has 0 bridgehead atoms. The van der Waals surface area contributed by atoms with Gasteiger partial charge in [0.15, 0.2) is 0 Å². The van der Waals surface area contributed by atoms with Crippen molar-refractivity contribution in [2.24, 2.45) is 0 Å². The van der Waals surface area contributed by atoms with E-state index in [4.69, 9.17) is 0 Å². The van der Waals surface area contributed by atoms with Crippen molar-refractivity contribution in [1.82, 2.24) is 9.97 Å². The van der Waals surface area contributed by atoms with Crippen LogP contribution in [-0.4, -0.2) is 35.9 Å². The molecule has 2 rings (SSSR count). The topological polar surface area (TPSA) is 67.0 Å². The summed E-state index contributed by atoms with van der Waals surface area (Å²) in [5.41, 5.74) is 0.370. The zero-order valence-corrected chi connectivity index (χ0v) is 10.1. The van der Waals surface area contributed by atoms with Gasteiger partial charge in [0, 0.05) is 13.0 Å². The lowest BCUT2D eigenvalue weighted by atomic mass is 10.1. The zero-order valence-electron chi connectivity index (χ0n) is 10.1. The first-order valence-electron chi connectivity index (χ1n) is 5.96. The molecule has 0 fully saturated rings. The van der Waals surface area contributed by atoms with Crippen molar-refractivity contribution >= 4 is 5.82 Å². The average Bonchev–Trinajstić information content (AvgIpc) is 2.34. The molecule has 0 spiro atoms. The molecule has 8 heteroatoms. The van der Waals surface area contributed by atoms with Crippen LogP contribution in [0.2, 0.25) is 0 Å². The van der Waals surface area contributed by atoms with E-state index in [1.807, 2.05) is 0 Å². The molecule has 0 amide bonds. The van der Waals surface area contributed by atoms with Crippen molar-refractivity contribution in [3.05, 3.63) is 21.7 Å². The summed E-state index contributed by atoms with van der Waals surface area (Å²) in [4.78, 5) is 18.5. The zero-order chi connectivity index (χ0) is 13.9. The summed E-state index contributed by atoms with van der Waals surface area (Å²) in [6.45, 7) is -0.685. The average molecular weight is 277 g/mol. The summed E-state index contributed by atoms with van der Waals surface area (Å²) in [5.74, 6) is 0.862. The Morgan fingerprint density at radius 3 is 2.89 bits per heavy atom. The number of aromatic nitrogens is 2. The molecule has 0 atom stereocenters. The summed E-state index contributed by atoms with van der Waals surface area (Å²) in [5, 5.41) is 3.01. The number of ether oxygens (including phenoxy) is 1. The van der Waals surface area contributed by atoms with Gasteiger partial charge >= 0.3 is 6.18 Å². The molecular formula is C11H14F3N3O2. The second-order valence-corrected chi connectivity index (χ2v) is 4.29. The van der Waals surface area contributed by atoms with Gasteiger partial charge in [-0.25, -0.2) is 4.98 Å². The maximum absolute atomic E-state index is 11.9. The van der Waals surface area contributed by atoms with E-state index in [-0.39, 0.29) is 18.6 Å². The molecule has 0 aromatic carbocycles. The van der Waals surface area contributed by atoms with Crippen LogP contribution in [0.4, 0.5) is 19.0 Å². The number of H-pyrrole nitrogens is 1. The molecule has 1 aromatic rings. The van der Waals surface area contributed by atoms with E-state index in [9.17, 15) is 18.0 Å². The molecule has 1 aliphatic rings. The van der Waals surface area contributed by atoms with Crippen LogP contribution in [0.1, 0.15) is 17.8 Å². The van der Waals surface area contributed by atoms with Crippen LogP contribution in [0, 0.1) is 0 Å². The van der Waals surface area contributed by atoms with E-state index >= 15 is 0 Å². The number of hydrogen-bond acceptors (Lipinski definition) is 4. The fourth-order valence-electron chi connectivity index (χ4n) is 1.87. The maximum atomic E-state index is 11.9. The second kappa shape index (κ2) is 5.60. The number of hydrogen-bond donors (Lipinski definition) is 2. The molecule has 2 heterocycles. The van der Waals surface area contributed by atoms with E-state index in [0.717, 1.165) is 13.0 Å². The van der Waals surface area contributed by atoms with Gasteiger partial charge in [-0.05, 0) is 12.8 Å². The Bertz CT molecular complexity index is 499. The van der Waals surface area contributed by atoms with Gasteiger partial charge in [0.1, 0.15) is 18.2 Å².